The average Bonchev–Trinajstić information content (AvgIpc) is 2.09. The van der Waals surface area contributed by atoms with Crippen LogP contribution >= 0.6 is 12.6 Å². The third-order valence-electron chi connectivity index (χ3n) is 1.34. The topological polar surface area (TPSA) is 34.9 Å². The van der Waals surface area contributed by atoms with Crippen molar-refractivity contribution in [2.24, 2.45) is 0 Å². The Labute approximate surface area is 76.1 Å². The predicted molar refractivity (Wildman–Crippen MR) is 51.5 cm³/mol. The Balaban J connectivity index is 2.70. The summed E-state index contributed by atoms with van der Waals surface area (Å²) in [5.74, 6) is 0.682. The number of nitrogens with zero attached hydrogens (tertiary/aromatic N) is 2. The Morgan fingerprint density at radius 1 is 1.58 bits per heavy atom. The van der Waals surface area contributed by atoms with Crippen molar-refractivity contribution in [2.45, 2.75) is 6.54 Å². The van der Waals surface area contributed by atoms with Gasteiger partial charge in [0, 0.05) is 18.0 Å². The standard InChI is InChI=1S/C8H10N2OS/c11-8-4-3-5-9-10(8)6-1-2-7-12/h1-5,12H,6-7H2/b2-1+. The summed E-state index contributed by atoms with van der Waals surface area (Å²) in [5, 5.41) is 3.88. The molecule has 0 saturated heterocycles. The van der Waals surface area contributed by atoms with Crippen LogP contribution in [0.4, 0.5) is 0 Å². The summed E-state index contributed by atoms with van der Waals surface area (Å²) in [5.41, 5.74) is -0.0821. The smallest absolute Gasteiger partial charge is 0.267 e. The van der Waals surface area contributed by atoms with Gasteiger partial charge < -0.3 is 0 Å². The lowest BCUT2D eigenvalue weighted by molar-refractivity contribution is 0.651. The molecule has 0 radical (unpaired) electrons. The van der Waals surface area contributed by atoms with E-state index in [1.165, 1.54) is 10.7 Å². The second kappa shape index (κ2) is 4.77. The minimum Gasteiger partial charge on any atom is -0.268 e. The van der Waals surface area contributed by atoms with Gasteiger partial charge in [-0.1, -0.05) is 12.2 Å². The first-order valence-electron chi connectivity index (χ1n) is 3.62. The van der Waals surface area contributed by atoms with Crippen LogP contribution in [0.5, 0.6) is 0 Å². The fourth-order valence-electron chi connectivity index (χ4n) is 0.773. The lowest BCUT2D eigenvalue weighted by atomic mass is 10.5. The normalized spacial score (nSPS) is 10.8. The monoisotopic (exact) mass is 182 g/mol. The molecule has 0 fully saturated rings. The van der Waals surface area contributed by atoms with Gasteiger partial charge in [0.2, 0.25) is 0 Å². The quantitative estimate of drug-likeness (QED) is 0.552. The van der Waals surface area contributed by atoms with Crippen molar-refractivity contribution in [3.63, 3.8) is 0 Å². The van der Waals surface area contributed by atoms with Gasteiger partial charge in [0.05, 0.1) is 6.54 Å². The summed E-state index contributed by atoms with van der Waals surface area (Å²) >= 11 is 4.00. The molecule has 0 bridgehead atoms. The van der Waals surface area contributed by atoms with Crippen molar-refractivity contribution in [2.75, 3.05) is 5.75 Å². The van der Waals surface area contributed by atoms with Gasteiger partial charge in [-0.3, -0.25) is 4.79 Å². The van der Waals surface area contributed by atoms with Crippen LogP contribution in [0.15, 0.2) is 35.3 Å². The minimum atomic E-state index is -0.0821. The van der Waals surface area contributed by atoms with Gasteiger partial charge >= 0.3 is 0 Å². The van der Waals surface area contributed by atoms with Crippen LogP contribution in [-0.4, -0.2) is 15.5 Å². The highest BCUT2D eigenvalue weighted by Gasteiger charge is 1.89. The van der Waals surface area contributed by atoms with Crippen molar-refractivity contribution < 1.29 is 0 Å². The van der Waals surface area contributed by atoms with E-state index in [0.717, 1.165) is 0 Å². The maximum absolute atomic E-state index is 11.1. The van der Waals surface area contributed by atoms with Gasteiger partial charge in [-0.15, -0.1) is 0 Å². The summed E-state index contributed by atoms with van der Waals surface area (Å²) in [7, 11) is 0. The highest BCUT2D eigenvalue weighted by molar-refractivity contribution is 7.80. The third-order valence-corrected chi connectivity index (χ3v) is 1.55. The Hall–Kier alpha value is -1.03. The summed E-state index contributed by atoms with van der Waals surface area (Å²) in [4.78, 5) is 11.1. The first-order valence-corrected chi connectivity index (χ1v) is 4.26. The van der Waals surface area contributed by atoms with Crippen molar-refractivity contribution >= 4 is 12.6 Å². The Kier molecular flexibility index (Phi) is 3.60. The zero-order valence-electron chi connectivity index (χ0n) is 6.55. The molecule has 1 rings (SSSR count). The third kappa shape index (κ3) is 2.54. The lowest BCUT2D eigenvalue weighted by Crippen LogP contribution is -2.20. The van der Waals surface area contributed by atoms with E-state index in [2.05, 4.69) is 17.7 Å². The van der Waals surface area contributed by atoms with Crippen LogP contribution < -0.4 is 5.56 Å². The average molecular weight is 182 g/mol. The molecular formula is C8H10N2OS. The first kappa shape index (κ1) is 9.06. The van der Waals surface area contributed by atoms with Gasteiger partial charge in [-0.25, -0.2) is 4.68 Å². The van der Waals surface area contributed by atoms with Crippen molar-refractivity contribution in [1.82, 2.24) is 9.78 Å². The Morgan fingerprint density at radius 2 is 2.42 bits per heavy atom. The molecule has 0 spiro atoms. The van der Waals surface area contributed by atoms with Crippen molar-refractivity contribution in [3.05, 3.63) is 40.8 Å². The van der Waals surface area contributed by atoms with E-state index in [1.807, 2.05) is 12.2 Å². The van der Waals surface area contributed by atoms with Crippen LogP contribution in [0, 0.1) is 0 Å². The molecular weight excluding hydrogens is 172 g/mol. The summed E-state index contributed by atoms with van der Waals surface area (Å²) < 4.78 is 1.39. The highest BCUT2D eigenvalue weighted by Crippen LogP contribution is 1.81. The van der Waals surface area contributed by atoms with E-state index >= 15 is 0 Å². The SMILES string of the molecule is O=c1cccnn1C/C=C/CS. The molecule has 0 amide bonds. The van der Waals surface area contributed by atoms with Crippen LogP contribution in [0.2, 0.25) is 0 Å². The predicted octanol–water partition coefficient (Wildman–Crippen LogP) is 0.729. The van der Waals surface area contributed by atoms with Crippen LogP contribution in [0.3, 0.4) is 0 Å². The molecule has 0 saturated carbocycles. The van der Waals surface area contributed by atoms with E-state index in [0.29, 0.717) is 12.3 Å². The molecule has 0 aliphatic carbocycles. The molecule has 0 unspecified atom stereocenters. The lowest BCUT2D eigenvalue weighted by Gasteiger charge is -1.96. The number of hydrogen-bond donors (Lipinski definition) is 1. The number of hydrogen-bond acceptors (Lipinski definition) is 3. The molecule has 3 nitrogen and oxygen atoms in total. The number of thiol groups is 1. The van der Waals surface area contributed by atoms with Gasteiger partial charge in [-0.05, 0) is 6.07 Å². The summed E-state index contributed by atoms with van der Waals surface area (Å²) in [6.07, 6.45) is 5.33. The first-order chi connectivity index (χ1) is 5.84. The van der Waals surface area contributed by atoms with E-state index in [-0.39, 0.29) is 5.56 Å². The van der Waals surface area contributed by atoms with Gasteiger partial charge in [0.15, 0.2) is 0 Å². The van der Waals surface area contributed by atoms with Crippen molar-refractivity contribution in [1.29, 1.82) is 0 Å². The molecule has 0 atom stereocenters. The number of allylic oxidation sites excluding steroid dienone is 1. The fraction of sp³-hybridized carbons (Fsp3) is 0.250. The molecule has 1 aromatic heterocycles. The summed E-state index contributed by atoms with van der Waals surface area (Å²) in [6, 6.07) is 3.11. The number of aromatic nitrogens is 2. The molecule has 4 heteroatoms. The maximum Gasteiger partial charge on any atom is 0.267 e. The highest BCUT2D eigenvalue weighted by atomic mass is 32.1. The molecule has 0 aliphatic rings. The van der Waals surface area contributed by atoms with Gasteiger partial charge in [-0.2, -0.15) is 17.7 Å². The molecule has 12 heavy (non-hydrogen) atoms. The molecule has 0 aliphatic heterocycles. The zero-order valence-corrected chi connectivity index (χ0v) is 7.45. The van der Waals surface area contributed by atoms with Crippen molar-refractivity contribution in [3.8, 4) is 0 Å². The summed E-state index contributed by atoms with van der Waals surface area (Å²) in [6.45, 7) is 0.514. The molecule has 1 heterocycles. The molecule has 64 valence electrons. The Bertz CT molecular complexity index is 319. The van der Waals surface area contributed by atoms with E-state index in [4.69, 9.17) is 0 Å². The van der Waals surface area contributed by atoms with Crippen LogP contribution in [0.25, 0.3) is 0 Å². The van der Waals surface area contributed by atoms with Crippen LogP contribution in [-0.2, 0) is 6.54 Å². The van der Waals surface area contributed by atoms with Crippen LogP contribution in [0.1, 0.15) is 0 Å². The maximum atomic E-state index is 11.1. The largest absolute Gasteiger partial charge is 0.268 e. The second-order valence-electron chi connectivity index (χ2n) is 2.20. The molecule has 0 N–H and O–H groups in total. The fourth-order valence-corrected chi connectivity index (χ4v) is 0.922. The molecule has 0 aromatic carbocycles. The number of rotatable bonds is 3. The van der Waals surface area contributed by atoms with E-state index < -0.39 is 0 Å². The van der Waals surface area contributed by atoms with E-state index in [1.54, 1.807) is 12.3 Å². The molecule has 1 aromatic rings. The second-order valence-corrected chi connectivity index (χ2v) is 2.56. The zero-order chi connectivity index (χ0) is 8.81. The van der Waals surface area contributed by atoms with Gasteiger partial charge in [0.25, 0.3) is 5.56 Å². The van der Waals surface area contributed by atoms with Gasteiger partial charge in [0.1, 0.15) is 0 Å². The minimum absolute atomic E-state index is 0.0821. The Morgan fingerprint density at radius 3 is 3.08 bits per heavy atom. The van der Waals surface area contributed by atoms with E-state index in [9.17, 15) is 4.79 Å².